The molecule has 2 rings (SSSR count). The van der Waals surface area contributed by atoms with Gasteiger partial charge in [0.2, 0.25) is 0 Å². The smallest absolute Gasteiger partial charge is 0.123 e. The molecule has 0 bridgehead atoms. The molecule has 0 aliphatic heterocycles. The maximum absolute atomic E-state index is 12.9. The molecule has 0 atom stereocenters. The molecule has 1 heterocycles. The predicted octanol–water partition coefficient (Wildman–Crippen LogP) is 3.42. The van der Waals surface area contributed by atoms with Crippen LogP contribution in [0.25, 0.3) is 0 Å². The topological polar surface area (TPSA) is 38.9 Å². The summed E-state index contributed by atoms with van der Waals surface area (Å²) in [6.45, 7) is 4.00. The summed E-state index contributed by atoms with van der Waals surface area (Å²) in [7, 11) is 0. The number of halogens is 1. The molecule has 0 fully saturated rings. The van der Waals surface area contributed by atoms with Crippen molar-refractivity contribution in [2.24, 2.45) is 0 Å². The normalized spacial score (nSPS) is 9.35. The van der Waals surface area contributed by atoms with Gasteiger partial charge in [-0.05, 0) is 35.7 Å². The van der Waals surface area contributed by atoms with Crippen LogP contribution in [-0.4, -0.2) is 4.98 Å². The molecule has 0 radical (unpaired) electrons. The Hall–Kier alpha value is -1.90. The molecular weight excluding hydrogens is 215 g/mol. The van der Waals surface area contributed by atoms with Crippen LogP contribution in [0.4, 0.5) is 10.2 Å². The Morgan fingerprint density at radius 3 is 2.47 bits per heavy atom. The molecule has 0 unspecified atom stereocenters. The van der Waals surface area contributed by atoms with E-state index in [4.69, 9.17) is 5.73 Å². The van der Waals surface area contributed by atoms with Gasteiger partial charge < -0.3 is 5.73 Å². The highest BCUT2D eigenvalue weighted by Gasteiger charge is 1.98. The fraction of sp³-hybridized carbons (Fsp3) is 0.214. The fourth-order valence-corrected chi connectivity index (χ4v) is 1.42. The van der Waals surface area contributed by atoms with Crippen molar-refractivity contribution in [2.45, 2.75) is 20.3 Å². The first-order valence-electron chi connectivity index (χ1n) is 5.69. The molecule has 3 heteroatoms. The highest BCUT2D eigenvalue weighted by atomic mass is 19.1. The lowest BCUT2D eigenvalue weighted by atomic mass is 10.1. The highest BCUT2D eigenvalue weighted by molar-refractivity contribution is 5.32. The zero-order valence-electron chi connectivity index (χ0n) is 10.2. The molecule has 2 aromatic rings. The Kier molecular flexibility index (Phi) is 5.14. The van der Waals surface area contributed by atoms with Gasteiger partial charge in [-0.15, -0.1) is 0 Å². The van der Waals surface area contributed by atoms with E-state index in [9.17, 15) is 4.39 Å². The summed E-state index contributed by atoms with van der Waals surface area (Å²) < 4.78 is 12.9. The Balaban J connectivity index is 0.000000686. The van der Waals surface area contributed by atoms with Gasteiger partial charge >= 0.3 is 0 Å². The molecule has 17 heavy (non-hydrogen) atoms. The lowest BCUT2D eigenvalue weighted by Gasteiger charge is -2.01. The summed E-state index contributed by atoms with van der Waals surface area (Å²) in [6, 6.07) is 10.2. The Bertz CT molecular complexity index is 452. The second kappa shape index (κ2) is 6.63. The molecule has 0 aliphatic carbocycles. The largest absolute Gasteiger partial charge is 0.384 e. The minimum Gasteiger partial charge on any atom is -0.384 e. The first-order chi connectivity index (χ1) is 8.24. The van der Waals surface area contributed by atoms with E-state index in [1.165, 1.54) is 12.1 Å². The van der Waals surface area contributed by atoms with Crippen molar-refractivity contribution in [2.75, 3.05) is 5.73 Å². The molecule has 0 saturated carbocycles. The number of aromatic nitrogens is 1. The van der Waals surface area contributed by atoms with Crippen molar-refractivity contribution >= 4 is 5.82 Å². The van der Waals surface area contributed by atoms with E-state index in [1.54, 1.807) is 18.3 Å². The van der Waals surface area contributed by atoms with E-state index in [0.717, 1.165) is 11.1 Å². The second-order valence-corrected chi connectivity index (χ2v) is 3.40. The predicted molar refractivity (Wildman–Crippen MR) is 69.2 cm³/mol. The van der Waals surface area contributed by atoms with Gasteiger partial charge in [-0.3, -0.25) is 0 Å². The molecule has 2 N–H and O–H groups in total. The van der Waals surface area contributed by atoms with E-state index in [2.05, 4.69) is 4.98 Å². The third-order valence-electron chi connectivity index (χ3n) is 2.14. The summed E-state index contributed by atoms with van der Waals surface area (Å²) in [5, 5.41) is 0. The molecule has 1 aromatic heterocycles. The molecular formula is C14H17FN2. The minimum atomic E-state index is -0.212. The number of hydrogen-bond donors (Lipinski definition) is 1. The van der Waals surface area contributed by atoms with E-state index < -0.39 is 0 Å². The molecule has 0 saturated heterocycles. The quantitative estimate of drug-likeness (QED) is 0.861. The molecule has 0 amide bonds. The number of rotatable bonds is 2. The number of nitrogens with zero attached hydrogens (tertiary/aromatic N) is 1. The maximum atomic E-state index is 12.9. The highest BCUT2D eigenvalue weighted by Crippen LogP contribution is 2.10. The van der Waals surface area contributed by atoms with Gasteiger partial charge in [0.15, 0.2) is 0 Å². The monoisotopic (exact) mass is 232 g/mol. The summed E-state index contributed by atoms with van der Waals surface area (Å²) in [6.07, 6.45) is 2.38. The van der Waals surface area contributed by atoms with Crippen LogP contribution >= 0.6 is 0 Å². The molecule has 2 nitrogen and oxygen atoms in total. The third-order valence-corrected chi connectivity index (χ3v) is 2.14. The zero-order valence-corrected chi connectivity index (χ0v) is 10.2. The van der Waals surface area contributed by atoms with Gasteiger partial charge in [0, 0.05) is 6.20 Å². The van der Waals surface area contributed by atoms with Crippen LogP contribution < -0.4 is 5.73 Å². The first kappa shape index (κ1) is 13.2. The lowest BCUT2D eigenvalue weighted by molar-refractivity contribution is 0.626. The van der Waals surface area contributed by atoms with Gasteiger partial charge in [-0.1, -0.05) is 32.0 Å². The molecule has 90 valence electrons. The van der Waals surface area contributed by atoms with Crippen molar-refractivity contribution < 1.29 is 4.39 Å². The van der Waals surface area contributed by atoms with Gasteiger partial charge in [-0.2, -0.15) is 0 Å². The number of nitrogen functional groups attached to an aromatic ring is 1. The Labute approximate surface area is 101 Å². The van der Waals surface area contributed by atoms with Crippen molar-refractivity contribution in [3.63, 3.8) is 0 Å². The second-order valence-electron chi connectivity index (χ2n) is 3.40. The minimum absolute atomic E-state index is 0.212. The van der Waals surface area contributed by atoms with Gasteiger partial charge in [0.25, 0.3) is 0 Å². The Morgan fingerprint density at radius 1 is 1.12 bits per heavy atom. The fourth-order valence-electron chi connectivity index (χ4n) is 1.42. The van der Waals surface area contributed by atoms with Crippen molar-refractivity contribution in [3.8, 4) is 0 Å². The van der Waals surface area contributed by atoms with Crippen LogP contribution in [0.5, 0.6) is 0 Å². The SMILES string of the molecule is CC.Nc1ccc(Cc2cccc(F)c2)cn1. The van der Waals surface area contributed by atoms with Crippen LogP contribution in [0.3, 0.4) is 0 Å². The molecule has 1 aromatic carbocycles. The summed E-state index contributed by atoms with van der Waals surface area (Å²) in [5.74, 6) is 0.286. The van der Waals surface area contributed by atoms with Crippen LogP contribution in [-0.2, 0) is 6.42 Å². The maximum Gasteiger partial charge on any atom is 0.123 e. The number of hydrogen-bond acceptors (Lipinski definition) is 2. The number of benzene rings is 1. The zero-order chi connectivity index (χ0) is 12.7. The van der Waals surface area contributed by atoms with E-state index >= 15 is 0 Å². The molecule has 0 aliphatic rings. The van der Waals surface area contributed by atoms with E-state index in [1.807, 2.05) is 26.0 Å². The lowest BCUT2D eigenvalue weighted by Crippen LogP contribution is -1.93. The van der Waals surface area contributed by atoms with Crippen LogP contribution in [0.1, 0.15) is 25.0 Å². The first-order valence-corrected chi connectivity index (χ1v) is 5.69. The number of nitrogens with two attached hydrogens (primary N) is 1. The number of anilines is 1. The van der Waals surface area contributed by atoms with Gasteiger partial charge in [0.1, 0.15) is 11.6 Å². The summed E-state index contributed by atoms with van der Waals surface area (Å²) in [4.78, 5) is 3.98. The average Bonchev–Trinajstić information content (AvgIpc) is 2.35. The standard InChI is InChI=1S/C12H11FN2.C2H6/c13-11-3-1-2-9(7-11)6-10-4-5-12(14)15-8-10;1-2/h1-5,7-8H,6H2,(H2,14,15);1-2H3. The summed E-state index contributed by atoms with van der Waals surface area (Å²) >= 11 is 0. The average molecular weight is 232 g/mol. The third kappa shape index (κ3) is 4.23. The van der Waals surface area contributed by atoms with Gasteiger partial charge in [-0.25, -0.2) is 9.37 Å². The van der Waals surface area contributed by atoms with Crippen molar-refractivity contribution in [1.29, 1.82) is 0 Å². The van der Waals surface area contributed by atoms with Crippen LogP contribution in [0, 0.1) is 5.82 Å². The van der Waals surface area contributed by atoms with Gasteiger partial charge in [0.05, 0.1) is 0 Å². The van der Waals surface area contributed by atoms with Crippen molar-refractivity contribution in [1.82, 2.24) is 4.98 Å². The van der Waals surface area contributed by atoms with Crippen molar-refractivity contribution in [3.05, 3.63) is 59.5 Å². The summed E-state index contributed by atoms with van der Waals surface area (Å²) in [5.41, 5.74) is 7.43. The van der Waals surface area contributed by atoms with Crippen LogP contribution in [0.15, 0.2) is 42.6 Å². The Morgan fingerprint density at radius 2 is 1.88 bits per heavy atom. The van der Waals surface area contributed by atoms with Crippen LogP contribution in [0.2, 0.25) is 0 Å². The van der Waals surface area contributed by atoms with E-state index in [0.29, 0.717) is 12.2 Å². The number of pyridine rings is 1. The van der Waals surface area contributed by atoms with E-state index in [-0.39, 0.29) is 5.82 Å². The molecule has 0 spiro atoms.